The van der Waals surface area contributed by atoms with Crippen molar-refractivity contribution in [2.45, 2.75) is 20.4 Å². The number of hydrogen-bond donors (Lipinski definition) is 1. The van der Waals surface area contributed by atoms with Crippen molar-refractivity contribution in [1.82, 2.24) is 4.57 Å². The molecule has 0 saturated carbocycles. The minimum atomic E-state index is -0.445. The lowest BCUT2D eigenvalue weighted by Gasteiger charge is -2.12. The summed E-state index contributed by atoms with van der Waals surface area (Å²) in [5.41, 5.74) is 2.19. The van der Waals surface area contributed by atoms with E-state index in [1.807, 2.05) is 36.6 Å². The van der Waals surface area contributed by atoms with E-state index in [0.717, 1.165) is 11.1 Å². The van der Waals surface area contributed by atoms with E-state index in [-0.39, 0.29) is 17.8 Å². The number of hydrogen-bond acceptors (Lipinski definition) is 4. The van der Waals surface area contributed by atoms with E-state index in [1.54, 1.807) is 24.4 Å². The molecular formula is C20H18N2O4. The maximum Gasteiger partial charge on any atom is 0.261 e. The summed E-state index contributed by atoms with van der Waals surface area (Å²) in [6.45, 7) is 4.72. The van der Waals surface area contributed by atoms with Crippen molar-refractivity contribution in [1.29, 1.82) is 0 Å². The largest absolute Gasteiger partial charge is 0.454 e. The molecule has 132 valence electrons. The lowest BCUT2D eigenvalue weighted by molar-refractivity contribution is 0.102. The van der Waals surface area contributed by atoms with Crippen LogP contribution in [0.15, 0.2) is 47.4 Å². The van der Waals surface area contributed by atoms with Crippen LogP contribution in [0.5, 0.6) is 11.5 Å². The zero-order valence-electron chi connectivity index (χ0n) is 14.5. The smallest absolute Gasteiger partial charge is 0.261 e. The summed E-state index contributed by atoms with van der Waals surface area (Å²) in [6.07, 6.45) is 1.61. The van der Waals surface area contributed by atoms with Gasteiger partial charge in [-0.05, 0) is 38.1 Å². The summed E-state index contributed by atoms with van der Waals surface area (Å²) >= 11 is 0. The fourth-order valence-electron chi connectivity index (χ4n) is 3.11. The third kappa shape index (κ3) is 2.69. The summed E-state index contributed by atoms with van der Waals surface area (Å²) in [4.78, 5) is 25.6. The topological polar surface area (TPSA) is 69.6 Å². The van der Waals surface area contributed by atoms with E-state index in [2.05, 4.69) is 5.32 Å². The molecule has 2 heterocycles. The number of nitrogens with zero attached hydrogens (tertiary/aromatic N) is 1. The molecule has 0 saturated heterocycles. The first kappa shape index (κ1) is 16.2. The summed E-state index contributed by atoms with van der Waals surface area (Å²) in [7, 11) is 0. The molecule has 1 aliphatic heterocycles. The third-order valence-electron chi connectivity index (χ3n) is 4.45. The number of nitrogens with one attached hydrogen (secondary N) is 1. The van der Waals surface area contributed by atoms with Crippen molar-refractivity contribution in [3.05, 3.63) is 63.9 Å². The van der Waals surface area contributed by atoms with E-state index >= 15 is 0 Å². The van der Waals surface area contributed by atoms with Crippen LogP contribution in [-0.4, -0.2) is 17.3 Å². The van der Waals surface area contributed by atoms with E-state index < -0.39 is 5.91 Å². The fourth-order valence-corrected chi connectivity index (χ4v) is 3.11. The number of carbonyl (C=O) groups is 1. The minimum Gasteiger partial charge on any atom is -0.454 e. The highest BCUT2D eigenvalue weighted by atomic mass is 16.7. The summed E-state index contributed by atoms with van der Waals surface area (Å²) in [5, 5.41) is 3.32. The zero-order valence-corrected chi connectivity index (χ0v) is 14.5. The molecule has 1 amide bonds. The van der Waals surface area contributed by atoms with Crippen molar-refractivity contribution in [2.24, 2.45) is 0 Å². The molecule has 0 fully saturated rings. The van der Waals surface area contributed by atoms with Gasteiger partial charge in [0.15, 0.2) is 11.5 Å². The third-order valence-corrected chi connectivity index (χ3v) is 4.45. The van der Waals surface area contributed by atoms with Gasteiger partial charge in [0.05, 0.1) is 5.52 Å². The van der Waals surface area contributed by atoms with Crippen LogP contribution >= 0.6 is 0 Å². The van der Waals surface area contributed by atoms with Crippen LogP contribution in [0.4, 0.5) is 5.69 Å². The number of fused-ring (bicyclic) bond motifs is 2. The quantitative estimate of drug-likeness (QED) is 0.787. The number of carbonyl (C=O) groups excluding carboxylic acids is 1. The monoisotopic (exact) mass is 350 g/mol. The number of anilines is 1. The Labute approximate surface area is 150 Å². The van der Waals surface area contributed by atoms with Gasteiger partial charge in [-0.1, -0.05) is 11.6 Å². The lowest BCUT2D eigenvalue weighted by atomic mass is 10.1. The molecule has 6 heteroatoms. The first-order valence-electron chi connectivity index (χ1n) is 8.41. The van der Waals surface area contributed by atoms with E-state index in [4.69, 9.17) is 9.47 Å². The van der Waals surface area contributed by atoms with Gasteiger partial charge >= 0.3 is 0 Å². The van der Waals surface area contributed by atoms with Crippen LogP contribution < -0.4 is 20.2 Å². The van der Waals surface area contributed by atoms with Crippen LogP contribution in [0, 0.1) is 6.92 Å². The zero-order chi connectivity index (χ0) is 18.3. The van der Waals surface area contributed by atoms with Crippen molar-refractivity contribution in [3.63, 3.8) is 0 Å². The van der Waals surface area contributed by atoms with Gasteiger partial charge in [-0.25, -0.2) is 0 Å². The number of rotatable bonds is 3. The van der Waals surface area contributed by atoms with Crippen LogP contribution in [0.2, 0.25) is 0 Å². The molecule has 26 heavy (non-hydrogen) atoms. The molecule has 4 rings (SSSR count). The number of ether oxygens (including phenoxy) is 2. The average Bonchev–Trinajstić information content (AvgIpc) is 3.10. The van der Waals surface area contributed by atoms with Crippen molar-refractivity contribution >= 4 is 22.5 Å². The first-order chi connectivity index (χ1) is 12.6. The Morgan fingerprint density at radius 3 is 2.77 bits per heavy atom. The maximum atomic E-state index is 12.8. The second-order valence-corrected chi connectivity index (χ2v) is 6.20. The molecule has 0 atom stereocenters. The Hall–Kier alpha value is -3.28. The van der Waals surface area contributed by atoms with Crippen LogP contribution in [-0.2, 0) is 6.54 Å². The van der Waals surface area contributed by atoms with Gasteiger partial charge < -0.3 is 19.4 Å². The van der Waals surface area contributed by atoms with Gasteiger partial charge in [-0.15, -0.1) is 0 Å². The predicted octanol–water partition coefficient (Wildman–Crippen LogP) is 3.31. The van der Waals surface area contributed by atoms with E-state index in [0.29, 0.717) is 29.1 Å². The molecular weight excluding hydrogens is 332 g/mol. The molecule has 0 radical (unpaired) electrons. The number of benzene rings is 2. The maximum absolute atomic E-state index is 12.8. The lowest BCUT2D eigenvalue weighted by Crippen LogP contribution is -2.24. The van der Waals surface area contributed by atoms with Gasteiger partial charge in [0, 0.05) is 29.9 Å². The molecule has 3 aromatic rings. The Bertz CT molecular complexity index is 1090. The van der Waals surface area contributed by atoms with Gasteiger partial charge in [-0.3, -0.25) is 9.59 Å². The van der Waals surface area contributed by atoms with E-state index in [9.17, 15) is 9.59 Å². The van der Waals surface area contributed by atoms with Crippen molar-refractivity contribution < 1.29 is 14.3 Å². The molecule has 1 aromatic heterocycles. The highest BCUT2D eigenvalue weighted by Crippen LogP contribution is 2.34. The number of aromatic nitrogens is 1. The molecule has 1 N–H and O–H groups in total. The molecule has 0 spiro atoms. The molecule has 0 bridgehead atoms. The minimum absolute atomic E-state index is 0.114. The SMILES string of the molecule is CCn1cc(C(=O)Nc2ccc3c(c2)OCO3)c(=O)c2cc(C)ccc21. The number of amides is 1. The Kier molecular flexibility index (Phi) is 3.88. The van der Waals surface area contributed by atoms with Crippen molar-refractivity contribution in [3.8, 4) is 11.5 Å². The van der Waals surface area contributed by atoms with Gasteiger partial charge in [0.2, 0.25) is 12.2 Å². The molecule has 0 aliphatic carbocycles. The van der Waals surface area contributed by atoms with Gasteiger partial charge in [-0.2, -0.15) is 0 Å². The first-order valence-corrected chi connectivity index (χ1v) is 8.41. The van der Waals surface area contributed by atoms with Crippen LogP contribution in [0.3, 0.4) is 0 Å². The van der Waals surface area contributed by atoms with Gasteiger partial charge in [0.1, 0.15) is 5.56 Å². The fraction of sp³-hybridized carbons (Fsp3) is 0.200. The predicted molar refractivity (Wildman–Crippen MR) is 99.1 cm³/mol. The standard InChI is InChI=1S/C20H18N2O4/c1-3-22-10-15(19(23)14-8-12(2)4-6-16(14)22)20(24)21-13-5-7-17-18(9-13)26-11-25-17/h4-10H,3,11H2,1-2H3,(H,21,24). The normalized spacial score (nSPS) is 12.4. The Morgan fingerprint density at radius 1 is 1.15 bits per heavy atom. The second-order valence-electron chi connectivity index (χ2n) is 6.20. The summed E-state index contributed by atoms with van der Waals surface area (Å²) < 4.78 is 12.5. The number of pyridine rings is 1. The highest BCUT2D eigenvalue weighted by molar-refractivity contribution is 6.06. The number of aryl methyl sites for hydroxylation is 2. The Morgan fingerprint density at radius 2 is 1.96 bits per heavy atom. The van der Waals surface area contributed by atoms with E-state index in [1.165, 1.54) is 0 Å². The van der Waals surface area contributed by atoms with Gasteiger partial charge in [0.25, 0.3) is 5.91 Å². The molecule has 0 unspecified atom stereocenters. The summed E-state index contributed by atoms with van der Waals surface area (Å²) in [6, 6.07) is 10.8. The highest BCUT2D eigenvalue weighted by Gasteiger charge is 2.18. The molecule has 2 aromatic carbocycles. The van der Waals surface area contributed by atoms with Crippen LogP contribution in [0.1, 0.15) is 22.8 Å². The molecule has 1 aliphatic rings. The molecule has 6 nitrogen and oxygen atoms in total. The van der Waals surface area contributed by atoms with Crippen LogP contribution in [0.25, 0.3) is 10.9 Å². The summed E-state index contributed by atoms with van der Waals surface area (Å²) in [5.74, 6) is 0.764. The van der Waals surface area contributed by atoms with Crippen molar-refractivity contribution in [2.75, 3.05) is 12.1 Å². The Balaban J connectivity index is 1.75. The second kappa shape index (κ2) is 6.22. The average molecular weight is 350 g/mol.